The van der Waals surface area contributed by atoms with Crippen LogP contribution in [0.15, 0.2) is 29.4 Å². The summed E-state index contributed by atoms with van der Waals surface area (Å²) in [6.45, 7) is 2.93. The molecule has 0 saturated heterocycles. The minimum absolute atomic E-state index is 0.236. The van der Waals surface area contributed by atoms with Gasteiger partial charge in [0.15, 0.2) is 0 Å². The number of carboxylic acid groups (broad SMARTS) is 1. The maximum Gasteiger partial charge on any atom is 0.313 e. The summed E-state index contributed by atoms with van der Waals surface area (Å²) in [4.78, 5) is 13.6. The van der Waals surface area contributed by atoms with Crippen molar-refractivity contribution in [2.75, 3.05) is 6.54 Å². The van der Waals surface area contributed by atoms with Crippen LogP contribution >= 0.6 is 0 Å². The smallest absolute Gasteiger partial charge is 0.313 e. The van der Waals surface area contributed by atoms with Gasteiger partial charge in [-0.3, -0.25) is 4.79 Å². The number of hydrogen-bond acceptors (Lipinski definition) is 4. The Morgan fingerprint density at radius 3 is 2.35 bits per heavy atom. The van der Waals surface area contributed by atoms with Gasteiger partial charge in [0.25, 0.3) is 0 Å². The van der Waals surface area contributed by atoms with Crippen molar-refractivity contribution in [1.82, 2.24) is 0 Å². The van der Waals surface area contributed by atoms with Gasteiger partial charge in [-0.1, -0.05) is 29.4 Å². The number of azide groups is 1. The second-order valence-corrected chi connectivity index (χ2v) is 4.98. The summed E-state index contributed by atoms with van der Waals surface area (Å²) in [6.07, 6.45) is -2.40. The second-order valence-electron chi connectivity index (χ2n) is 4.98. The Kier molecular flexibility index (Phi) is 5.10. The van der Waals surface area contributed by atoms with E-state index < -0.39 is 23.6 Å². The SMILES string of the molecule is CC(C)(C(=O)O)c1ccc(C(O)C(O)CN=[N+]=[N-])cc1. The number of nitrogens with zero attached hydrogens (tertiary/aromatic N) is 3. The fraction of sp³-hybridized carbons (Fsp3) is 0.462. The highest BCUT2D eigenvalue weighted by atomic mass is 16.4. The molecular formula is C13H17N3O4. The quantitative estimate of drug-likeness (QED) is 0.416. The number of carbonyl (C=O) groups is 1. The Morgan fingerprint density at radius 1 is 1.35 bits per heavy atom. The van der Waals surface area contributed by atoms with E-state index in [-0.39, 0.29) is 6.54 Å². The monoisotopic (exact) mass is 279 g/mol. The first kappa shape index (κ1) is 16.0. The molecule has 0 bridgehead atoms. The largest absolute Gasteiger partial charge is 0.481 e. The van der Waals surface area contributed by atoms with E-state index in [0.29, 0.717) is 11.1 Å². The van der Waals surface area contributed by atoms with Gasteiger partial charge in [-0.05, 0) is 30.5 Å². The molecule has 2 atom stereocenters. The van der Waals surface area contributed by atoms with Gasteiger partial charge in [-0.2, -0.15) is 0 Å². The highest BCUT2D eigenvalue weighted by molar-refractivity contribution is 5.80. The van der Waals surface area contributed by atoms with Gasteiger partial charge in [0.05, 0.1) is 18.1 Å². The summed E-state index contributed by atoms with van der Waals surface area (Å²) in [5, 5.41) is 31.8. The summed E-state index contributed by atoms with van der Waals surface area (Å²) in [6, 6.07) is 6.27. The van der Waals surface area contributed by atoms with Crippen molar-refractivity contribution in [2.45, 2.75) is 31.5 Å². The van der Waals surface area contributed by atoms with E-state index in [4.69, 9.17) is 10.6 Å². The summed E-state index contributed by atoms with van der Waals surface area (Å²) < 4.78 is 0. The molecular weight excluding hydrogens is 262 g/mol. The first-order chi connectivity index (χ1) is 9.30. The lowest BCUT2D eigenvalue weighted by Gasteiger charge is -2.21. The van der Waals surface area contributed by atoms with E-state index >= 15 is 0 Å². The van der Waals surface area contributed by atoms with E-state index in [1.165, 1.54) is 0 Å². The normalized spacial score (nSPS) is 14.2. The highest BCUT2D eigenvalue weighted by Crippen LogP contribution is 2.26. The zero-order valence-corrected chi connectivity index (χ0v) is 11.3. The first-order valence-corrected chi connectivity index (χ1v) is 6.01. The number of aliphatic hydroxyl groups excluding tert-OH is 2. The number of carboxylic acids is 1. The average Bonchev–Trinajstić information content (AvgIpc) is 2.43. The number of hydrogen-bond donors (Lipinski definition) is 3. The zero-order chi connectivity index (χ0) is 15.3. The Bertz CT molecular complexity index is 521. The van der Waals surface area contributed by atoms with Crippen molar-refractivity contribution < 1.29 is 20.1 Å². The maximum atomic E-state index is 11.1. The molecule has 0 amide bonds. The summed E-state index contributed by atoms with van der Waals surface area (Å²) in [5.41, 5.74) is 8.14. The fourth-order valence-electron chi connectivity index (χ4n) is 1.66. The van der Waals surface area contributed by atoms with Crippen molar-refractivity contribution >= 4 is 5.97 Å². The summed E-state index contributed by atoms with van der Waals surface area (Å²) >= 11 is 0. The molecule has 0 aromatic heterocycles. The molecule has 0 aliphatic heterocycles. The Balaban J connectivity index is 2.91. The van der Waals surface area contributed by atoms with Crippen LogP contribution in [0.2, 0.25) is 0 Å². The molecule has 1 aromatic rings. The van der Waals surface area contributed by atoms with E-state index in [2.05, 4.69) is 10.0 Å². The van der Waals surface area contributed by atoms with Gasteiger partial charge in [0.2, 0.25) is 0 Å². The molecule has 0 spiro atoms. The molecule has 7 heteroatoms. The third kappa shape index (κ3) is 3.48. The maximum absolute atomic E-state index is 11.1. The number of aliphatic hydroxyl groups is 2. The predicted octanol–water partition coefficient (Wildman–Crippen LogP) is 1.75. The van der Waals surface area contributed by atoms with Crippen LogP contribution in [0.25, 0.3) is 10.4 Å². The Hall–Kier alpha value is -2.08. The third-order valence-electron chi connectivity index (χ3n) is 3.20. The molecule has 2 unspecified atom stereocenters. The van der Waals surface area contributed by atoms with Crippen molar-refractivity contribution in [3.8, 4) is 0 Å². The van der Waals surface area contributed by atoms with Crippen LogP contribution in [0.3, 0.4) is 0 Å². The molecule has 0 aliphatic carbocycles. The minimum atomic E-state index is -1.20. The molecule has 1 rings (SSSR count). The molecule has 0 saturated carbocycles. The van der Waals surface area contributed by atoms with Gasteiger partial charge in [-0.25, -0.2) is 0 Å². The van der Waals surface area contributed by atoms with Crippen molar-refractivity contribution in [3.63, 3.8) is 0 Å². The second kappa shape index (κ2) is 6.38. The molecule has 1 aromatic carbocycles. The molecule has 7 nitrogen and oxygen atoms in total. The van der Waals surface area contributed by atoms with Crippen LogP contribution in [0.5, 0.6) is 0 Å². The number of benzene rings is 1. The molecule has 0 aliphatic rings. The van der Waals surface area contributed by atoms with E-state index in [9.17, 15) is 15.0 Å². The van der Waals surface area contributed by atoms with Crippen LogP contribution in [-0.4, -0.2) is 33.9 Å². The minimum Gasteiger partial charge on any atom is -0.481 e. The lowest BCUT2D eigenvalue weighted by molar-refractivity contribution is -0.142. The standard InChI is InChI=1S/C13H17N3O4/c1-13(2,12(19)20)9-5-3-8(4-6-9)11(18)10(17)7-15-16-14/h3-6,10-11,17-18H,7H2,1-2H3,(H,19,20). The highest BCUT2D eigenvalue weighted by Gasteiger charge is 2.29. The number of aliphatic carboxylic acids is 1. The molecule has 20 heavy (non-hydrogen) atoms. The van der Waals surface area contributed by atoms with Crippen molar-refractivity contribution in [1.29, 1.82) is 0 Å². The van der Waals surface area contributed by atoms with Crippen molar-refractivity contribution in [2.24, 2.45) is 5.11 Å². The Morgan fingerprint density at radius 2 is 1.90 bits per heavy atom. The van der Waals surface area contributed by atoms with Crippen LogP contribution < -0.4 is 0 Å². The predicted molar refractivity (Wildman–Crippen MR) is 72.1 cm³/mol. The lowest BCUT2D eigenvalue weighted by Crippen LogP contribution is -2.28. The van der Waals surface area contributed by atoms with E-state index in [1.54, 1.807) is 38.1 Å². The first-order valence-electron chi connectivity index (χ1n) is 6.01. The lowest BCUT2D eigenvalue weighted by atomic mass is 9.84. The van der Waals surface area contributed by atoms with E-state index in [0.717, 1.165) is 0 Å². The molecule has 0 heterocycles. The van der Waals surface area contributed by atoms with Gasteiger partial charge < -0.3 is 15.3 Å². The van der Waals surface area contributed by atoms with Gasteiger partial charge >= 0.3 is 5.97 Å². The molecule has 3 N–H and O–H groups in total. The summed E-state index contributed by atoms with van der Waals surface area (Å²) in [5.74, 6) is -0.950. The van der Waals surface area contributed by atoms with Gasteiger partial charge in [0.1, 0.15) is 6.10 Å². The van der Waals surface area contributed by atoms with Gasteiger partial charge in [-0.15, -0.1) is 0 Å². The van der Waals surface area contributed by atoms with Crippen LogP contribution in [0, 0.1) is 0 Å². The fourth-order valence-corrected chi connectivity index (χ4v) is 1.66. The van der Waals surface area contributed by atoms with Crippen LogP contribution in [-0.2, 0) is 10.2 Å². The Labute approximate surface area is 116 Å². The molecule has 0 fully saturated rings. The van der Waals surface area contributed by atoms with Crippen LogP contribution in [0.1, 0.15) is 31.1 Å². The topological polar surface area (TPSA) is 127 Å². The molecule has 108 valence electrons. The third-order valence-corrected chi connectivity index (χ3v) is 3.20. The zero-order valence-electron chi connectivity index (χ0n) is 11.3. The van der Waals surface area contributed by atoms with Crippen molar-refractivity contribution in [3.05, 3.63) is 45.8 Å². The van der Waals surface area contributed by atoms with Gasteiger partial charge in [0, 0.05) is 4.91 Å². The van der Waals surface area contributed by atoms with E-state index in [1.807, 2.05) is 0 Å². The average molecular weight is 279 g/mol. The number of rotatable bonds is 6. The molecule has 0 radical (unpaired) electrons. The summed E-state index contributed by atoms with van der Waals surface area (Å²) in [7, 11) is 0. The van der Waals surface area contributed by atoms with Crippen LogP contribution in [0.4, 0.5) is 0 Å².